The fourth-order valence-electron chi connectivity index (χ4n) is 4.46. The molecule has 1 unspecified atom stereocenters. The van der Waals surface area contributed by atoms with Crippen molar-refractivity contribution < 1.29 is 22.7 Å². The standard InChI is InChI=1S/C24H29N3O5S/c1-32-20-9-7-19(8-10-20)25-12-14-26(15-13-25)24(29)22(11-16-33(2,30)31)27-17-18-5-3-4-6-21(18)23(27)28/h3-10,22H,11-17H2,1-2H3. The molecule has 2 aliphatic heterocycles. The first-order valence-electron chi connectivity index (χ1n) is 11.0. The lowest BCUT2D eigenvalue weighted by Crippen LogP contribution is -2.55. The summed E-state index contributed by atoms with van der Waals surface area (Å²) >= 11 is 0. The van der Waals surface area contributed by atoms with Crippen LogP contribution in [0.15, 0.2) is 48.5 Å². The molecule has 33 heavy (non-hydrogen) atoms. The van der Waals surface area contributed by atoms with Crippen LogP contribution in [0.2, 0.25) is 0 Å². The molecule has 0 aromatic heterocycles. The van der Waals surface area contributed by atoms with Crippen molar-refractivity contribution in [3.63, 3.8) is 0 Å². The van der Waals surface area contributed by atoms with Crippen LogP contribution in [0.1, 0.15) is 22.3 Å². The Kier molecular flexibility index (Phi) is 6.60. The molecule has 0 radical (unpaired) electrons. The molecule has 2 amide bonds. The molecule has 1 saturated heterocycles. The SMILES string of the molecule is COc1ccc(N2CCN(C(=O)C(CCS(C)(=O)=O)N3Cc4ccccc4C3=O)CC2)cc1. The molecule has 1 atom stereocenters. The van der Waals surface area contributed by atoms with Gasteiger partial charge in [-0.05, 0) is 42.3 Å². The van der Waals surface area contributed by atoms with E-state index in [0.29, 0.717) is 38.3 Å². The van der Waals surface area contributed by atoms with Gasteiger partial charge < -0.3 is 19.4 Å². The van der Waals surface area contributed by atoms with Gasteiger partial charge in [-0.2, -0.15) is 0 Å². The zero-order chi connectivity index (χ0) is 23.6. The zero-order valence-corrected chi connectivity index (χ0v) is 19.8. The van der Waals surface area contributed by atoms with Crippen LogP contribution in [0.4, 0.5) is 5.69 Å². The molecule has 4 rings (SSSR count). The summed E-state index contributed by atoms with van der Waals surface area (Å²) in [5, 5.41) is 0. The van der Waals surface area contributed by atoms with Gasteiger partial charge in [0.1, 0.15) is 21.6 Å². The predicted octanol–water partition coefficient (Wildman–Crippen LogP) is 1.80. The molecule has 2 aliphatic rings. The highest BCUT2D eigenvalue weighted by Gasteiger charge is 2.39. The number of benzene rings is 2. The average molecular weight is 472 g/mol. The van der Waals surface area contributed by atoms with Crippen molar-refractivity contribution in [2.45, 2.75) is 19.0 Å². The summed E-state index contributed by atoms with van der Waals surface area (Å²) in [5.74, 6) is 0.246. The van der Waals surface area contributed by atoms with E-state index in [-0.39, 0.29) is 24.0 Å². The van der Waals surface area contributed by atoms with Crippen LogP contribution in [-0.4, -0.2) is 81.4 Å². The van der Waals surface area contributed by atoms with Gasteiger partial charge in [-0.3, -0.25) is 9.59 Å². The van der Waals surface area contributed by atoms with Crippen LogP contribution in [0.3, 0.4) is 0 Å². The van der Waals surface area contributed by atoms with Gasteiger partial charge in [0.05, 0.1) is 12.9 Å². The van der Waals surface area contributed by atoms with Gasteiger partial charge in [-0.1, -0.05) is 18.2 Å². The summed E-state index contributed by atoms with van der Waals surface area (Å²) in [6.07, 6.45) is 1.25. The Morgan fingerprint density at radius 2 is 1.70 bits per heavy atom. The lowest BCUT2D eigenvalue weighted by Gasteiger charge is -2.39. The third-order valence-electron chi connectivity index (χ3n) is 6.30. The number of amides is 2. The van der Waals surface area contributed by atoms with Gasteiger partial charge in [0.15, 0.2) is 0 Å². The highest BCUT2D eigenvalue weighted by Crippen LogP contribution is 2.27. The normalized spacial score (nSPS) is 17.2. The van der Waals surface area contributed by atoms with Crippen molar-refractivity contribution in [2.75, 3.05) is 50.2 Å². The Bertz CT molecular complexity index is 1130. The third-order valence-corrected chi connectivity index (χ3v) is 7.28. The minimum absolute atomic E-state index is 0.0933. The van der Waals surface area contributed by atoms with Crippen LogP contribution in [0.5, 0.6) is 5.75 Å². The molecule has 176 valence electrons. The van der Waals surface area contributed by atoms with Gasteiger partial charge in [-0.25, -0.2) is 8.42 Å². The van der Waals surface area contributed by atoms with E-state index in [1.54, 1.807) is 24.1 Å². The van der Waals surface area contributed by atoms with Crippen molar-refractivity contribution in [3.05, 3.63) is 59.7 Å². The Morgan fingerprint density at radius 3 is 2.30 bits per heavy atom. The number of nitrogens with zero attached hydrogens (tertiary/aromatic N) is 3. The number of ether oxygens (including phenoxy) is 1. The maximum Gasteiger partial charge on any atom is 0.255 e. The van der Waals surface area contributed by atoms with E-state index in [9.17, 15) is 18.0 Å². The number of methoxy groups -OCH3 is 1. The fourth-order valence-corrected chi connectivity index (χ4v) is 5.11. The first-order chi connectivity index (χ1) is 15.8. The molecular formula is C24H29N3O5S. The Balaban J connectivity index is 1.47. The molecule has 2 aromatic rings. The smallest absolute Gasteiger partial charge is 0.255 e. The lowest BCUT2D eigenvalue weighted by atomic mass is 10.1. The van der Waals surface area contributed by atoms with Gasteiger partial charge >= 0.3 is 0 Å². The van der Waals surface area contributed by atoms with E-state index in [1.165, 1.54) is 4.90 Å². The molecule has 8 nitrogen and oxygen atoms in total. The molecule has 0 bridgehead atoms. The van der Waals surface area contributed by atoms with Gasteiger partial charge in [-0.15, -0.1) is 0 Å². The molecule has 0 aliphatic carbocycles. The number of carbonyl (C=O) groups is 2. The summed E-state index contributed by atoms with van der Waals surface area (Å²) in [6.45, 7) is 2.65. The summed E-state index contributed by atoms with van der Waals surface area (Å²) in [7, 11) is -1.65. The highest BCUT2D eigenvalue weighted by molar-refractivity contribution is 7.90. The number of piperazine rings is 1. The first-order valence-corrected chi connectivity index (χ1v) is 13.1. The van der Waals surface area contributed by atoms with Crippen LogP contribution in [-0.2, 0) is 21.2 Å². The molecular weight excluding hydrogens is 442 g/mol. The van der Waals surface area contributed by atoms with Gasteiger partial charge in [0.25, 0.3) is 5.91 Å². The number of hydrogen-bond donors (Lipinski definition) is 0. The van der Waals surface area contributed by atoms with E-state index in [2.05, 4.69) is 4.90 Å². The van der Waals surface area contributed by atoms with E-state index in [0.717, 1.165) is 23.3 Å². The fraction of sp³-hybridized carbons (Fsp3) is 0.417. The first kappa shape index (κ1) is 23.1. The van der Waals surface area contributed by atoms with Crippen LogP contribution >= 0.6 is 0 Å². The van der Waals surface area contributed by atoms with Gasteiger partial charge in [0.2, 0.25) is 5.91 Å². The van der Waals surface area contributed by atoms with Crippen LogP contribution in [0.25, 0.3) is 0 Å². The Hall–Kier alpha value is -3.07. The van der Waals surface area contributed by atoms with Crippen LogP contribution < -0.4 is 9.64 Å². The number of anilines is 1. The Morgan fingerprint density at radius 1 is 1.03 bits per heavy atom. The monoisotopic (exact) mass is 471 g/mol. The molecule has 0 saturated carbocycles. The lowest BCUT2D eigenvalue weighted by molar-refractivity contribution is -0.136. The second kappa shape index (κ2) is 9.43. The zero-order valence-electron chi connectivity index (χ0n) is 18.9. The second-order valence-corrected chi connectivity index (χ2v) is 10.8. The molecule has 0 spiro atoms. The minimum atomic E-state index is -3.28. The van der Waals surface area contributed by atoms with Crippen molar-refractivity contribution in [3.8, 4) is 5.75 Å². The minimum Gasteiger partial charge on any atom is -0.497 e. The van der Waals surface area contributed by atoms with E-state index in [1.807, 2.05) is 36.4 Å². The second-order valence-electron chi connectivity index (χ2n) is 8.53. The van der Waals surface area contributed by atoms with Gasteiger partial charge in [0, 0.05) is 50.2 Å². The molecule has 2 aromatic carbocycles. The number of fused-ring (bicyclic) bond motifs is 1. The number of sulfone groups is 1. The number of hydrogen-bond acceptors (Lipinski definition) is 6. The van der Waals surface area contributed by atoms with E-state index < -0.39 is 15.9 Å². The third kappa shape index (κ3) is 5.13. The highest BCUT2D eigenvalue weighted by atomic mass is 32.2. The maximum atomic E-state index is 13.5. The summed E-state index contributed by atoms with van der Waals surface area (Å²) < 4.78 is 28.9. The number of rotatable bonds is 7. The van der Waals surface area contributed by atoms with Crippen molar-refractivity contribution in [1.82, 2.24) is 9.80 Å². The average Bonchev–Trinajstić information content (AvgIpc) is 3.15. The summed E-state index contributed by atoms with van der Waals surface area (Å²) in [6, 6.07) is 14.3. The molecule has 2 heterocycles. The van der Waals surface area contributed by atoms with E-state index in [4.69, 9.17) is 4.74 Å². The summed E-state index contributed by atoms with van der Waals surface area (Å²) in [4.78, 5) is 32.0. The maximum absolute atomic E-state index is 13.5. The predicted molar refractivity (Wildman–Crippen MR) is 126 cm³/mol. The van der Waals surface area contributed by atoms with Crippen molar-refractivity contribution in [1.29, 1.82) is 0 Å². The largest absolute Gasteiger partial charge is 0.497 e. The summed E-state index contributed by atoms with van der Waals surface area (Å²) in [5.41, 5.74) is 2.50. The molecule has 0 N–H and O–H groups in total. The quantitative estimate of drug-likeness (QED) is 0.612. The molecule has 9 heteroatoms. The van der Waals surface area contributed by atoms with Crippen LogP contribution in [0, 0.1) is 0 Å². The number of carbonyl (C=O) groups excluding carboxylic acids is 2. The van der Waals surface area contributed by atoms with E-state index >= 15 is 0 Å². The topological polar surface area (TPSA) is 87.2 Å². The van der Waals surface area contributed by atoms with Crippen molar-refractivity contribution >= 4 is 27.3 Å². The van der Waals surface area contributed by atoms with Crippen molar-refractivity contribution in [2.24, 2.45) is 0 Å². The molecule has 1 fully saturated rings. The Labute approximate surface area is 194 Å².